The lowest BCUT2D eigenvalue weighted by Gasteiger charge is -2.07. The first kappa shape index (κ1) is 14.3. The van der Waals surface area contributed by atoms with Crippen molar-refractivity contribution in [1.82, 2.24) is 10.0 Å². The molecule has 0 aliphatic rings. The van der Waals surface area contributed by atoms with Crippen LogP contribution in [0.5, 0.6) is 0 Å². The van der Waals surface area contributed by atoms with Gasteiger partial charge in [0, 0.05) is 25.6 Å². The van der Waals surface area contributed by atoms with Gasteiger partial charge in [0.15, 0.2) is 0 Å². The lowest BCUT2D eigenvalue weighted by molar-refractivity contribution is -0.121. The Kier molecular flexibility index (Phi) is 6.46. The quantitative estimate of drug-likeness (QED) is 0.516. The second kappa shape index (κ2) is 6.76. The number of amides is 1. The van der Waals surface area contributed by atoms with Gasteiger partial charge in [-0.15, -0.1) is 0 Å². The molecule has 90 valence electrons. The summed E-state index contributed by atoms with van der Waals surface area (Å²) in [6.45, 7) is 3.89. The van der Waals surface area contributed by atoms with Gasteiger partial charge >= 0.3 is 0 Å². The van der Waals surface area contributed by atoms with E-state index in [-0.39, 0.29) is 30.7 Å². The highest BCUT2D eigenvalue weighted by Gasteiger charge is 2.09. The van der Waals surface area contributed by atoms with Crippen molar-refractivity contribution in [2.75, 3.05) is 18.8 Å². The smallest absolute Gasteiger partial charge is 0.221 e. The molecule has 0 aliphatic heterocycles. The topological polar surface area (TPSA) is 101 Å². The van der Waals surface area contributed by atoms with Gasteiger partial charge in [-0.3, -0.25) is 4.79 Å². The number of carbonyl (C=O) groups excluding carboxylic acids is 1. The van der Waals surface area contributed by atoms with Crippen LogP contribution < -0.4 is 15.8 Å². The van der Waals surface area contributed by atoms with Gasteiger partial charge in [0.2, 0.25) is 15.9 Å². The van der Waals surface area contributed by atoms with Crippen LogP contribution in [0, 0.1) is 0 Å². The monoisotopic (exact) mass is 237 g/mol. The normalized spacial score (nSPS) is 13.5. The Morgan fingerprint density at radius 3 is 2.53 bits per heavy atom. The summed E-state index contributed by atoms with van der Waals surface area (Å²) in [6, 6.07) is -0.213. The Morgan fingerprint density at radius 1 is 1.47 bits per heavy atom. The van der Waals surface area contributed by atoms with Crippen molar-refractivity contribution in [3.8, 4) is 0 Å². The molecule has 0 heterocycles. The van der Waals surface area contributed by atoms with E-state index in [2.05, 4.69) is 10.0 Å². The number of carbonyl (C=O) groups is 1. The minimum absolute atomic E-state index is 0.106. The van der Waals surface area contributed by atoms with Crippen molar-refractivity contribution in [3.05, 3.63) is 0 Å². The van der Waals surface area contributed by atoms with E-state index in [4.69, 9.17) is 5.73 Å². The molecule has 1 unspecified atom stereocenters. The van der Waals surface area contributed by atoms with Gasteiger partial charge in [0.1, 0.15) is 0 Å². The van der Waals surface area contributed by atoms with E-state index in [1.165, 1.54) is 0 Å². The first-order valence-corrected chi connectivity index (χ1v) is 6.52. The predicted molar refractivity (Wildman–Crippen MR) is 58.7 cm³/mol. The summed E-state index contributed by atoms with van der Waals surface area (Å²) in [4.78, 5) is 11.1. The molecule has 0 saturated heterocycles. The third kappa shape index (κ3) is 8.34. The molecule has 0 aromatic heterocycles. The first-order chi connectivity index (χ1) is 6.87. The Labute approximate surface area is 90.7 Å². The number of sulfonamides is 1. The molecule has 0 bridgehead atoms. The molecule has 0 fully saturated rings. The van der Waals surface area contributed by atoms with Crippen LogP contribution in [0.1, 0.15) is 20.3 Å². The lowest BCUT2D eigenvalue weighted by Crippen LogP contribution is -2.36. The third-order valence-corrected chi connectivity index (χ3v) is 3.03. The Hall–Kier alpha value is -0.660. The summed E-state index contributed by atoms with van der Waals surface area (Å²) >= 11 is 0. The van der Waals surface area contributed by atoms with E-state index < -0.39 is 10.0 Å². The summed E-state index contributed by atoms with van der Waals surface area (Å²) in [6.07, 6.45) is 0.210. The van der Waals surface area contributed by atoms with E-state index >= 15 is 0 Å². The van der Waals surface area contributed by atoms with E-state index in [9.17, 15) is 13.2 Å². The number of hydrogen-bond acceptors (Lipinski definition) is 4. The molecule has 7 heteroatoms. The minimum Gasteiger partial charge on any atom is -0.355 e. The molecule has 0 aromatic rings. The molecular formula is C8H19N3O3S. The number of hydrogen-bond donors (Lipinski definition) is 3. The van der Waals surface area contributed by atoms with E-state index in [1.54, 1.807) is 13.8 Å². The van der Waals surface area contributed by atoms with Gasteiger partial charge in [0.05, 0.1) is 5.75 Å². The fraction of sp³-hybridized carbons (Fsp3) is 0.875. The number of nitrogens with one attached hydrogen (secondary N) is 2. The van der Waals surface area contributed by atoms with E-state index in [1.807, 2.05) is 0 Å². The highest BCUT2D eigenvalue weighted by Crippen LogP contribution is 1.86. The predicted octanol–water partition coefficient (Wildman–Crippen LogP) is -1.22. The average molecular weight is 237 g/mol. The molecule has 1 amide bonds. The highest BCUT2D eigenvalue weighted by atomic mass is 32.2. The standard InChI is InChI=1S/C8H19N3O3S/c1-3-11-15(13,14)5-4-10-8(12)6-7(2)9/h7,11H,3-6,9H2,1-2H3,(H,10,12). The minimum atomic E-state index is -3.25. The fourth-order valence-electron chi connectivity index (χ4n) is 0.981. The zero-order valence-corrected chi connectivity index (χ0v) is 9.93. The average Bonchev–Trinajstić information content (AvgIpc) is 2.01. The number of nitrogens with two attached hydrogens (primary N) is 1. The molecule has 6 nitrogen and oxygen atoms in total. The second-order valence-electron chi connectivity index (χ2n) is 3.35. The molecule has 0 radical (unpaired) electrons. The maximum absolute atomic E-state index is 11.1. The summed E-state index contributed by atoms with van der Waals surface area (Å²) in [7, 11) is -3.25. The zero-order valence-electron chi connectivity index (χ0n) is 9.12. The van der Waals surface area contributed by atoms with Crippen LogP contribution in [0.15, 0.2) is 0 Å². The Morgan fingerprint density at radius 2 is 2.07 bits per heavy atom. The van der Waals surface area contributed by atoms with Gasteiger partial charge in [0.25, 0.3) is 0 Å². The van der Waals surface area contributed by atoms with Crippen LogP contribution in [-0.4, -0.2) is 39.2 Å². The number of rotatable bonds is 7. The molecule has 0 aromatic carbocycles. The van der Waals surface area contributed by atoms with Crippen molar-refractivity contribution in [1.29, 1.82) is 0 Å². The van der Waals surface area contributed by atoms with Crippen molar-refractivity contribution >= 4 is 15.9 Å². The van der Waals surface area contributed by atoms with Crippen molar-refractivity contribution in [3.63, 3.8) is 0 Å². The lowest BCUT2D eigenvalue weighted by atomic mass is 10.2. The summed E-state index contributed by atoms with van der Waals surface area (Å²) in [5, 5.41) is 2.49. The molecule has 0 rings (SSSR count). The molecule has 15 heavy (non-hydrogen) atoms. The molecule has 4 N–H and O–H groups in total. The molecule has 1 atom stereocenters. The largest absolute Gasteiger partial charge is 0.355 e. The summed E-state index contributed by atoms with van der Waals surface area (Å²) in [5.74, 6) is -0.331. The third-order valence-electron chi connectivity index (χ3n) is 1.56. The molecule has 0 aliphatic carbocycles. The van der Waals surface area contributed by atoms with Crippen LogP contribution in [-0.2, 0) is 14.8 Å². The van der Waals surface area contributed by atoms with Crippen LogP contribution in [0.2, 0.25) is 0 Å². The first-order valence-electron chi connectivity index (χ1n) is 4.87. The van der Waals surface area contributed by atoms with E-state index in [0.29, 0.717) is 6.54 Å². The maximum Gasteiger partial charge on any atom is 0.221 e. The van der Waals surface area contributed by atoms with Crippen LogP contribution in [0.25, 0.3) is 0 Å². The summed E-state index contributed by atoms with van der Waals surface area (Å²) in [5.41, 5.74) is 5.41. The SMILES string of the molecule is CCNS(=O)(=O)CCNC(=O)CC(C)N. The van der Waals surface area contributed by atoms with Crippen molar-refractivity contribution in [2.24, 2.45) is 5.73 Å². The maximum atomic E-state index is 11.1. The van der Waals surface area contributed by atoms with Crippen molar-refractivity contribution < 1.29 is 13.2 Å². The van der Waals surface area contributed by atoms with Gasteiger partial charge in [-0.05, 0) is 6.92 Å². The van der Waals surface area contributed by atoms with Gasteiger partial charge in [-0.2, -0.15) is 0 Å². The van der Waals surface area contributed by atoms with Gasteiger partial charge in [-0.25, -0.2) is 13.1 Å². The van der Waals surface area contributed by atoms with Gasteiger partial charge in [-0.1, -0.05) is 6.92 Å². The second-order valence-corrected chi connectivity index (χ2v) is 5.27. The highest BCUT2D eigenvalue weighted by molar-refractivity contribution is 7.89. The van der Waals surface area contributed by atoms with Crippen LogP contribution >= 0.6 is 0 Å². The van der Waals surface area contributed by atoms with Gasteiger partial charge < -0.3 is 11.1 Å². The Bertz CT molecular complexity index is 288. The molecule has 0 spiro atoms. The van der Waals surface area contributed by atoms with Crippen molar-refractivity contribution in [2.45, 2.75) is 26.3 Å². The van der Waals surface area contributed by atoms with Crippen LogP contribution in [0.3, 0.4) is 0 Å². The summed E-state index contributed by atoms with van der Waals surface area (Å²) < 4.78 is 24.6. The van der Waals surface area contributed by atoms with Crippen LogP contribution in [0.4, 0.5) is 0 Å². The zero-order chi connectivity index (χ0) is 11.9. The molecular weight excluding hydrogens is 218 g/mol. The Balaban J connectivity index is 3.75. The fourth-order valence-corrected chi connectivity index (χ4v) is 1.94. The molecule has 0 saturated carbocycles. The van der Waals surface area contributed by atoms with E-state index in [0.717, 1.165) is 0 Å².